The van der Waals surface area contributed by atoms with Crippen molar-refractivity contribution in [3.8, 4) is 5.75 Å². The Morgan fingerprint density at radius 1 is 1.10 bits per heavy atom. The topological polar surface area (TPSA) is 58.6 Å². The molecule has 29 heavy (non-hydrogen) atoms. The summed E-state index contributed by atoms with van der Waals surface area (Å²) in [7, 11) is 0. The summed E-state index contributed by atoms with van der Waals surface area (Å²) in [6, 6.07) is 11.2. The Morgan fingerprint density at radius 3 is 2.62 bits per heavy atom. The maximum atomic E-state index is 12.7. The Balaban J connectivity index is 1.42. The number of pyridine rings is 2. The van der Waals surface area contributed by atoms with E-state index in [0.717, 1.165) is 30.0 Å². The van der Waals surface area contributed by atoms with Gasteiger partial charge in [-0.15, -0.1) is 0 Å². The number of piperazine rings is 1. The van der Waals surface area contributed by atoms with E-state index >= 15 is 0 Å². The number of anilines is 1. The molecule has 8 heteroatoms. The molecule has 1 saturated heterocycles. The number of rotatable bonds is 4. The van der Waals surface area contributed by atoms with Gasteiger partial charge in [0, 0.05) is 43.5 Å². The molecule has 0 spiro atoms. The normalized spacial score (nSPS) is 14.3. The molecule has 1 aliphatic heterocycles. The minimum absolute atomic E-state index is 0.0857. The number of aromatic nitrogens is 2. The summed E-state index contributed by atoms with van der Waals surface area (Å²) in [5.74, 6) is 1.23. The second-order valence-electron chi connectivity index (χ2n) is 6.86. The van der Waals surface area contributed by atoms with Gasteiger partial charge in [0.05, 0.1) is 10.0 Å². The van der Waals surface area contributed by atoms with Gasteiger partial charge in [-0.25, -0.2) is 9.97 Å². The lowest BCUT2D eigenvalue weighted by molar-refractivity contribution is -0.133. The van der Waals surface area contributed by atoms with Crippen molar-refractivity contribution in [3.05, 3.63) is 58.3 Å². The molecular formula is C21H20Cl2N4O2. The summed E-state index contributed by atoms with van der Waals surface area (Å²) >= 11 is 12.6. The van der Waals surface area contributed by atoms with Crippen molar-refractivity contribution in [3.63, 3.8) is 0 Å². The van der Waals surface area contributed by atoms with Gasteiger partial charge in [0.1, 0.15) is 11.3 Å². The molecule has 3 heterocycles. The summed E-state index contributed by atoms with van der Waals surface area (Å²) in [6.07, 6.45) is 1.77. The maximum absolute atomic E-state index is 12.7. The molecule has 0 aliphatic carbocycles. The minimum Gasteiger partial charge on any atom is -0.480 e. The van der Waals surface area contributed by atoms with Crippen molar-refractivity contribution in [1.82, 2.24) is 14.9 Å². The van der Waals surface area contributed by atoms with Gasteiger partial charge in [0.2, 0.25) is 0 Å². The summed E-state index contributed by atoms with van der Waals surface area (Å²) < 4.78 is 5.82. The van der Waals surface area contributed by atoms with Crippen molar-refractivity contribution in [2.45, 2.75) is 6.92 Å². The number of ether oxygens (including phenoxy) is 1. The van der Waals surface area contributed by atoms with Crippen molar-refractivity contribution in [2.24, 2.45) is 0 Å². The molecule has 2 aromatic heterocycles. The molecule has 4 rings (SSSR count). The van der Waals surface area contributed by atoms with E-state index in [0.29, 0.717) is 34.4 Å². The van der Waals surface area contributed by atoms with Crippen LogP contribution >= 0.6 is 23.2 Å². The van der Waals surface area contributed by atoms with Gasteiger partial charge in [-0.3, -0.25) is 4.79 Å². The van der Waals surface area contributed by atoms with E-state index in [1.807, 2.05) is 37.3 Å². The second-order valence-corrected chi connectivity index (χ2v) is 7.68. The predicted molar refractivity (Wildman–Crippen MR) is 115 cm³/mol. The highest BCUT2D eigenvalue weighted by Gasteiger charge is 2.23. The summed E-state index contributed by atoms with van der Waals surface area (Å²) in [4.78, 5) is 25.5. The van der Waals surface area contributed by atoms with Gasteiger partial charge in [0.15, 0.2) is 12.4 Å². The Bertz CT molecular complexity index is 1040. The first kappa shape index (κ1) is 19.7. The van der Waals surface area contributed by atoms with Crippen LogP contribution in [0, 0.1) is 6.92 Å². The molecule has 0 atom stereocenters. The van der Waals surface area contributed by atoms with Crippen molar-refractivity contribution < 1.29 is 9.53 Å². The fourth-order valence-electron chi connectivity index (χ4n) is 3.38. The first-order chi connectivity index (χ1) is 14.0. The van der Waals surface area contributed by atoms with Crippen molar-refractivity contribution in [2.75, 3.05) is 37.7 Å². The number of carbonyl (C=O) groups excluding carboxylic acids is 1. The van der Waals surface area contributed by atoms with E-state index in [9.17, 15) is 4.79 Å². The Kier molecular flexibility index (Phi) is 5.74. The zero-order valence-electron chi connectivity index (χ0n) is 15.9. The maximum Gasteiger partial charge on any atom is 0.260 e. The molecule has 1 aliphatic rings. The van der Waals surface area contributed by atoms with Crippen LogP contribution in [0.3, 0.4) is 0 Å². The molecular weight excluding hydrogens is 411 g/mol. The van der Waals surface area contributed by atoms with Crippen LogP contribution in [0.25, 0.3) is 10.9 Å². The second kappa shape index (κ2) is 8.43. The van der Waals surface area contributed by atoms with Crippen LogP contribution < -0.4 is 9.64 Å². The molecule has 0 N–H and O–H groups in total. The molecule has 6 nitrogen and oxygen atoms in total. The van der Waals surface area contributed by atoms with E-state index in [-0.39, 0.29) is 12.5 Å². The lowest BCUT2D eigenvalue weighted by atomic mass is 10.2. The average Bonchev–Trinajstić information content (AvgIpc) is 2.74. The molecule has 0 bridgehead atoms. The van der Waals surface area contributed by atoms with Crippen LogP contribution in [0.15, 0.2) is 42.6 Å². The van der Waals surface area contributed by atoms with Gasteiger partial charge >= 0.3 is 0 Å². The third-order valence-electron chi connectivity index (χ3n) is 4.92. The van der Waals surface area contributed by atoms with Gasteiger partial charge in [0.25, 0.3) is 5.91 Å². The Morgan fingerprint density at radius 2 is 1.90 bits per heavy atom. The number of halogens is 2. The van der Waals surface area contributed by atoms with Crippen LogP contribution in [0.1, 0.15) is 5.69 Å². The van der Waals surface area contributed by atoms with E-state index in [1.54, 1.807) is 17.2 Å². The molecule has 1 fully saturated rings. The molecule has 150 valence electrons. The third kappa shape index (κ3) is 4.23. The molecule has 0 radical (unpaired) electrons. The molecule has 0 saturated carbocycles. The zero-order chi connectivity index (χ0) is 20.4. The number of amides is 1. The van der Waals surface area contributed by atoms with Gasteiger partial charge in [-0.05, 0) is 37.3 Å². The number of hydrogen-bond acceptors (Lipinski definition) is 5. The highest BCUT2D eigenvalue weighted by atomic mass is 35.5. The standard InChI is InChI=1S/C21H20Cl2N4O2/c1-14-5-6-15-16(22)12-17(23)21(20(15)25-14)29-13-19(28)27-10-8-26(9-11-27)18-4-2-3-7-24-18/h2-7,12H,8-11,13H2,1H3. The van der Waals surface area contributed by atoms with Gasteiger partial charge < -0.3 is 14.5 Å². The highest BCUT2D eigenvalue weighted by Crippen LogP contribution is 2.37. The van der Waals surface area contributed by atoms with Crippen LogP contribution in [0.5, 0.6) is 5.75 Å². The molecule has 0 unspecified atom stereocenters. The van der Waals surface area contributed by atoms with Gasteiger partial charge in [-0.1, -0.05) is 29.3 Å². The summed E-state index contributed by atoms with van der Waals surface area (Å²) in [5.41, 5.74) is 1.38. The van der Waals surface area contributed by atoms with Crippen LogP contribution in [-0.4, -0.2) is 53.6 Å². The molecule has 1 amide bonds. The van der Waals surface area contributed by atoms with Crippen molar-refractivity contribution in [1.29, 1.82) is 0 Å². The van der Waals surface area contributed by atoms with E-state index in [1.165, 1.54) is 0 Å². The first-order valence-corrected chi connectivity index (χ1v) is 10.1. The molecule has 1 aromatic carbocycles. The van der Waals surface area contributed by atoms with Crippen LogP contribution in [0.4, 0.5) is 5.82 Å². The number of fused-ring (bicyclic) bond motifs is 1. The zero-order valence-corrected chi connectivity index (χ0v) is 17.5. The molecule has 3 aromatic rings. The quantitative estimate of drug-likeness (QED) is 0.626. The smallest absolute Gasteiger partial charge is 0.260 e. The predicted octanol–water partition coefficient (Wildman–Crippen LogP) is 3.97. The minimum atomic E-state index is -0.102. The number of nitrogens with zero attached hydrogens (tertiary/aromatic N) is 4. The number of hydrogen-bond donors (Lipinski definition) is 0. The van der Waals surface area contributed by atoms with E-state index in [4.69, 9.17) is 27.9 Å². The van der Waals surface area contributed by atoms with Gasteiger partial charge in [-0.2, -0.15) is 0 Å². The number of benzene rings is 1. The van der Waals surface area contributed by atoms with E-state index in [2.05, 4.69) is 14.9 Å². The Hall–Kier alpha value is -2.57. The summed E-state index contributed by atoms with van der Waals surface area (Å²) in [5, 5.41) is 1.59. The number of carbonyl (C=O) groups is 1. The fourth-order valence-corrected chi connectivity index (χ4v) is 3.95. The SMILES string of the molecule is Cc1ccc2c(Cl)cc(Cl)c(OCC(=O)N3CCN(c4ccccn4)CC3)c2n1. The average molecular weight is 431 g/mol. The Labute approximate surface area is 179 Å². The number of aryl methyl sites for hydroxylation is 1. The first-order valence-electron chi connectivity index (χ1n) is 9.35. The lowest BCUT2D eigenvalue weighted by Gasteiger charge is -2.35. The monoisotopic (exact) mass is 430 g/mol. The lowest BCUT2D eigenvalue weighted by Crippen LogP contribution is -2.50. The van der Waals surface area contributed by atoms with Crippen molar-refractivity contribution >= 4 is 45.8 Å². The van der Waals surface area contributed by atoms with Crippen LogP contribution in [-0.2, 0) is 4.79 Å². The van der Waals surface area contributed by atoms with E-state index < -0.39 is 0 Å². The highest BCUT2D eigenvalue weighted by molar-refractivity contribution is 6.39. The summed E-state index contributed by atoms with van der Waals surface area (Å²) in [6.45, 7) is 4.47. The largest absolute Gasteiger partial charge is 0.480 e. The fraction of sp³-hybridized carbons (Fsp3) is 0.286. The third-order valence-corrected chi connectivity index (χ3v) is 5.52. The van der Waals surface area contributed by atoms with Crippen LogP contribution in [0.2, 0.25) is 10.0 Å².